The molecule has 59 heavy (non-hydrogen) atoms. The van der Waals surface area contributed by atoms with E-state index in [2.05, 4.69) is 34.3 Å². The molecular weight excluding hydrogens is 792 g/mol. The fourth-order valence-electron chi connectivity index (χ4n) is 8.52. The van der Waals surface area contributed by atoms with Gasteiger partial charge in [0, 0.05) is 60.0 Å². The Morgan fingerprint density at radius 2 is 1.66 bits per heavy atom. The molecule has 4 aliphatic heterocycles. The van der Waals surface area contributed by atoms with E-state index in [-0.39, 0.29) is 36.5 Å². The molecule has 2 aromatic heterocycles. The molecule has 1 unspecified atom stereocenters. The van der Waals surface area contributed by atoms with Crippen LogP contribution >= 0.6 is 22.9 Å². The molecule has 5 amide bonds. The second-order valence-electron chi connectivity index (χ2n) is 15.7. The SMILES string of the molecule is Cc1sc2c(c1C)C(c1ccc(Cl)cc1)=N[C@@H](CC(=O)N1CCN(CC(=O)CCCCCc3cccc4c3C(=O)N(C3CCC(=O)NC3=O)C4=O)CC1)c1nnc(C)n1-2. The second-order valence-corrected chi connectivity index (χ2v) is 17.3. The highest BCUT2D eigenvalue weighted by Gasteiger charge is 2.45. The number of carbonyl (C=O) groups excluding carboxylic acids is 6. The van der Waals surface area contributed by atoms with Gasteiger partial charge in [0.15, 0.2) is 5.82 Å². The van der Waals surface area contributed by atoms with Crippen LogP contribution in [0.1, 0.15) is 110 Å². The number of thiophene rings is 1. The zero-order valence-corrected chi connectivity index (χ0v) is 34.8. The predicted octanol–water partition coefficient (Wildman–Crippen LogP) is 5.11. The molecule has 0 bridgehead atoms. The standard InChI is InChI=1S/C43H45ClN8O6S/c1-24-25(2)59-43-36(24)38(28-12-14-29(44)15-13-28)45-32(39-48-47-26(3)51(39)43)22-35(55)50-20-18-49(19-21-50)23-30(53)10-6-4-5-8-27-9-7-11-31-37(27)42(58)52(41(31)57)33-16-17-34(54)46-40(33)56/h7,9,11-15,32-33H,4-6,8,10,16-23H2,1-3H3,(H,46,54,56)/t32-,33?/m0/s1. The third-order valence-electron chi connectivity index (χ3n) is 11.8. The zero-order valence-electron chi connectivity index (χ0n) is 33.3. The number of aromatic nitrogens is 3. The first-order chi connectivity index (χ1) is 28.4. The Bertz CT molecular complexity index is 2410. The molecule has 0 radical (unpaired) electrons. The second kappa shape index (κ2) is 16.7. The Morgan fingerprint density at radius 1 is 0.898 bits per heavy atom. The van der Waals surface area contributed by atoms with Gasteiger partial charge in [-0.25, -0.2) is 0 Å². The average molecular weight is 837 g/mol. The van der Waals surface area contributed by atoms with Crippen LogP contribution in [0.15, 0.2) is 47.5 Å². The van der Waals surface area contributed by atoms with Crippen LogP contribution in [-0.4, -0.2) is 109 Å². The summed E-state index contributed by atoms with van der Waals surface area (Å²) in [5, 5.41) is 12.8. The number of hydrogen-bond donors (Lipinski definition) is 1. The molecule has 2 aromatic carbocycles. The van der Waals surface area contributed by atoms with E-state index >= 15 is 0 Å². The number of amides is 5. The maximum atomic E-state index is 13.9. The van der Waals surface area contributed by atoms with Gasteiger partial charge in [0.05, 0.1) is 29.8 Å². The van der Waals surface area contributed by atoms with Crippen molar-refractivity contribution in [2.24, 2.45) is 4.99 Å². The molecule has 0 spiro atoms. The van der Waals surface area contributed by atoms with E-state index in [1.807, 2.05) is 46.7 Å². The van der Waals surface area contributed by atoms with Crippen LogP contribution in [0.3, 0.4) is 0 Å². The monoisotopic (exact) mass is 836 g/mol. The third-order valence-corrected chi connectivity index (χ3v) is 13.3. The lowest BCUT2D eigenvalue weighted by molar-refractivity contribution is -0.136. The number of ketones is 1. The summed E-state index contributed by atoms with van der Waals surface area (Å²) < 4.78 is 2.05. The van der Waals surface area contributed by atoms with Gasteiger partial charge in [-0.05, 0) is 75.8 Å². The number of hydrogen-bond acceptors (Lipinski definition) is 11. The number of nitrogens with one attached hydrogen (secondary N) is 1. The molecule has 8 rings (SSSR count). The predicted molar refractivity (Wildman–Crippen MR) is 221 cm³/mol. The number of aliphatic imine (C=N–C) groups is 1. The first-order valence-electron chi connectivity index (χ1n) is 20.1. The molecule has 2 fully saturated rings. The molecule has 0 aliphatic carbocycles. The summed E-state index contributed by atoms with van der Waals surface area (Å²) in [7, 11) is 0. The van der Waals surface area contributed by atoms with Crippen LogP contribution in [-0.2, 0) is 25.6 Å². The van der Waals surface area contributed by atoms with Crippen molar-refractivity contribution in [3.05, 3.63) is 97.4 Å². The van der Waals surface area contributed by atoms with E-state index in [1.54, 1.807) is 23.5 Å². The molecule has 4 aromatic rings. The van der Waals surface area contributed by atoms with E-state index in [1.165, 1.54) is 4.88 Å². The van der Waals surface area contributed by atoms with Gasteiger partial charge in [0.2, 0.25) is 17.7 Å². The van der Waals surface area contributed by atoms with Crippen LogP contribution < -0.4 is 5.32 Å². The highest BCUT2D eigenvalue weighted by Crippen LogP contribution is 2.40. The van der Waals surface area contributed by atoms with Crippen molar-refractivity contribution in [2.75, 3.05) is 32.7 Å². The maximum Gasteiger partial charge on any atom is 0.262 e. The van der Waals surface area contributed by atoms with E-state index in [9.17, 15) is 28.8 Å². The van der Waals surface area contributed by atoms with E-state index in [0.29, 0.717) is 68.4 Å². The van der Waals surface area contributed by atoms with Gasteiger partial charge in [-0.2, -0.15) is 0 Å². The van der Waals surface area contributed by atoms with Crippen LogP contribution in [0.25, 0.3) is 5.00 Å². The summed E-state index contributed by atoms with van der Waals surface area (Å²) in [6, 6.07) is 11.2. The molecule has 2 saturated heterocycles. The van der Waals surface area contributed by atoms with Crippen LogP contribution in [0, 0.1) is 20.8 Å². The molecule has 4 aliphatic rings. The van der Waals surface area contributed by atoms with Crippen molar-refractivity contribution in [1.82, 2.24) is 34.8 Å². The number of imide groups is 2. The van der Waals surface area contributed by atoms with Crippen molar-refractivity contribution in [1.29, 1.82) is 0 Å². The molecule has 1 N–H and O–H groups in total. The van der Waals surface area contributed by atoms with E-state index < -0.39 is 35.7 Å². The number of carbonyl (C=O) groups is 6. The smallest absolute Gasteiger partial charge is 0.262 e. The van der Waals surface area contributed by atoms with Crippen molar-refractivity contribution in [3.8, 4) is 5.00 Å². The molecule has 16 heteroatoms. The largest absolute Gasteiger partial charge is 0.340 e. The number of fused-ring (bicyclic) bond motifs is 4. The lowest BCUT2D eigenvalue weighted by atomic mass is 9.97. The molecule has 0 saturated carbocycles. The van der Waals surface area contributed by atoms with Crippen molar-refractivity contribution in [2.45, 2.75) is 84.2 Å². The van der Waals surface area contributed by atoms with Gasteiger partial charge >= 0.3 is 0 Å². The Morgan fingerprint density at radius 3 is 2.41 bits per heavy atom. The quantitative estimate of drug-likeness (QED) is 0.151. The lowest BCUT2D eigenvalue weighted by Gasteiger charge is -2.34. The first-order valence-corrected chi connectivity index (χ1v) is 21.3. The number of halogens is 1. The summed E-state index contributed by atoms with van der Waals surface area (Å²) in [5.41, 5.74) is 5.19. The van der Waals surface area contributed by atoms with Crippen LogP contribution in [0.5, 0.6) is 0 Å². The fraction of sp³-hybridized carbons (Fsp3) is 0.419. The molecule has 6 heterocycles. The summed E-state index contributed by atoms with van der Waals surface area (Å²) in [6.45, 7) is 8.63. The van der Waals surface area contributed by atoms with Crippen LogP contribution in [0.4, 0.5) is 0 Å². The number of unbranched alkanes of at least 4 members (excludes halogenated alkanes) is 2. The van der Waals surface area contributed by atoms with Gasteiger partial charge in [-0.15, -0.1) is 21.5 Å². The Balaban J connectivity index is 0.825. The molecule has 2 atom stereocenters. The van der Waals surface area contributed by atoms with Gasteiger partial charge in [-0.3, -0.25) is 53.4 Å². The average Bonchev–Trinajstić information content (AvgIpc) is 3.79. The molecule has 306 valence electrons. The Kier molecular flexibility index (Phi) is 11.4. The number of piperazine rings is 1. The summed E-state index contributed by atoms with van der Waals surface area (Å²) in [6.07, 6.45) is 3.47. The van der Waals surface area contributed by atoms with Crippen molar-refractivity contribution < 1.29 is 28.8 Å². The third kappa shape index (κ3) is 7.90. The highest BCUT2D eigenvalue weighted by molar-refractivity contribution is 7.15. The minimum Gasteiger partial charge on any atom is -0.340 e. The summed E-state index contributed by atoms with van der Waals surface area (Å²) in [4.78, 5) is 88.9. The Labute approximate surface area is 350 Å². The minimum atomic E-state index is -1.00. The highest BCUT2D eigenvalue weighted by atomic mass is 35.5. The fourth-order valence-corrected chi connectivity index (χ4v) is 9.86. The van der Waals surface area contributed by atoms with Gasteiger partial charge < -0.3 is 4.90 Å². The van der Waals surface area contributed by atoms with E-state index in [0.717, 1.165) is 56.5 Å². The van der Waals surface area contributed by atoms with Crippen molar-refractivity contribution >= 4 is 64.0 Å². The maximum absolute atomic E-state index is 13.9. The van der Waals surface area contributed by atoms with Gasteiger partial charge in [0.25, 0.3) is 11.8 Å². The number of nitrogens with zero attached hydrogens (tertiary/aromatic N) is 7. The summed E-state index contributed by atoms with van der Waals surface area (Å²) in [5.74, 6) is -0.575. The van der Waals surface area contributed by atoms with Gasteiger partial charge in [0.1, 0.15) is 28.7 Å². The number of Topliss-reactive ketones (excluding diaryl/α,β-unsaturated/α-hetero) is 1. The number of piperidine rings is 1. The number of rotatable bonds is 12. The molecular formula is C43H45ClN8O6S. The lowest BCUT2D eigenvalue weighted by Crippen LogP contribution is -2.54. The molecule has 14 nitrogen and oxygen atoms in total. The zero-order chi connectivity index (χ0) is 41.5. The van der Waals surface area contributed by atoms with Gasteiger partial charge in [-0.1, -0.05) is 42.3 Å². The number of benzene rings is 2. The van der Waals surface area contributed by atoms with Crippen molar-refractivity contribution in [3.63, 3.8) is 0 Å². The topological polar surface area (TPSA) is 167 Å². The minimum absolute atomic E-state index is 0.0238. The number of aryl methyl sites for hydroxylation is 3. The normalized spacial score (nSPS) is 19.3. The first kappa shape index (κ1) is 40.4. The summed E-state index contributed by atoms with van der Waals surface area (Å²) >= 11 is 7.92. The Hall–Kier alpha value is -5.38. The van der Waals surface area contributed by atoms with Crippen LogP contribution in [0.2, 0.25) is 5.02 Å². The van der Waals surface area contributed by atoms with E-state index in [4.69, 9.17) is 16.6 Å².